The first-order valence-electron chi connectivity index (χ1n) is 6.04. The maximum Gasteiger partial charge on any atom is 0.163 e. The standard InChI is InChI=1S/C14H11N5/c1-18-13-6-2-4-10(12(13)8-16-18)11-5-3-7-19-14(11)15-9-17-19/h2-9H,1H3. The van der Waals surface area contributed by atoms with Crippen LogP contribution in [-0.4, -0.2) is 24.4 Å². The van der Waals surface area contributed by atoms with Crippen LogP contribution in [0.5, 0.6) is 0 Å². The Bertz CT molecular complexity index is 887. The molecule has 0 saturated heterocycles. The van der Waals surface area contributed by atoms with Crippen LogP contribution >= 0.6 is 0 Å². The van der Waals surface area contributed by atoms with Crippen molar-refractivity contribution >= 4 is 16.6 Å². The lowest BCUT2D eigenvalue weighted by Gasteiger charge is -2.05. The van der Waals surface area contributed by atoms with E-state index in [1.165, 1.54) is 0 Å². The Hall–Kier alpha value is -2.69. The van der Waals surface area contributed by atoms with Crippen molar-refractivity contribution in [3.8, 4) is 11.1 Å². The first-order chi connectivity index (χ1) is 9.34. The van der Waals surface area contributed by atoms with Gasteiger partial charge in [-0.2, -0.15) is 10.2 Å². The number of nitrogens with zero attached hydrogens (tertiary/aromatic N) is 5. The van der Waals surface area contributed by atoms with Crippen LogP contribution in [-0.2, 0) is 7.05 Å². The predicted molar refractivity (Wildman–Crippen MR) is 72.7 cm³/mol. The Kier molecular flexibility index (Phi) is 1.97. The molecule has 0 spiro atoms. The quantitative estimate of drug-likeness (QED) is 0.520. The molecule has 5 nitrogen and oxygen atoms in total. The van der Waals surface area contributed by atoms with Crippen molar-refractivity contribution in [3.05, 3.63) is 49.1 Å². The molecule has 0 saturated carbocycles. The summed E-state index contributed by atoms with van der Waals surface area (Å²) in [4.78, 5) is 4.33. The largest absolute Gasteiger partial charge is 0.268 e. The average molecular weight is 249 g/mol. The molecule has 0 unspecified atom stereocenters. The van der Waals surface area contributed by atoms with Gasteiger partial charge in [0, 0.05) is 24.2 Å². The summed E-state index contributed by atoms with van der Waals surface area (Å²) in [5, 5.41) is 9.62. The van der Waals surface area contributed by atoms with Gasteiger partial charge in [-0.1, -0.05) is 12.1 Å². The summed E-state index contributed by atoms with van der Waals surface area (Å²) in [6.07, 6.45) is 5.36. The van der Waals surface area contributed by atoms with Crippen LogP contribution in [0.25, 0.3) is 27.7 Å². The summed E-state index contributed by atoms with van der Waals surface area (Å²) in [6.45, 7) is 0. The molecule has 3 aromatic heterocycles. The lowest BCUT2D eigenvalue weighted by Crippen LogP contribution is -1.91. The molecule has 5 heteroatoms. The van der Waals surface area contributed by atoms with Gasteiger partial charge < -0.3 is 0 Å². The molecule has 0 fully saturated rings. The van der Waals surface area contributed by atoms with Gasteiger partial charge in [-0.15, -0.1) is 0 Å². The number of pyridine rings is 1. The Morgan fingerprint density at radius 3 is 2.84 bits per heavy atom. The minimum absolute atomic E-state index is 0.860. The van der Waals surface area contributed by atoms with E-state index in [9.17, 15) is 0 Å². The third kappa shape index (κ3) is 1.38. The van der Waals surface area contributed by atoms with Gasteiger partial charge in [0.2, 0.25) is 0 Å². The Morgan fingerprint density at radius 2 is 1.89 bits per heavy atom. The second-order valence-corrected chi connectivity index (χ2v) is 4.46. The predicted octanol–water partition coefficient (Wildman–Crippen LogP) is 2.28. The molecular weight excluding hydrogens is 238 g/mol. The molecule has 0 aliphatic heterocycles. The number of rotatable bonds is 1. The van der Waals surface area contributed by atoms with Crippen molar-refractivity contribution < 1.29 is 0 Å². The molecule has 19 heavy (non-hydrogen) atoms. The van der Waals surface area contributed by atoms with Gasteiger partial charge >= 0.3 is 0 Å². The monoisotopic (exact) mass is 249 g/mol. The van der Waals surface area contributed by atoms with Crippen LogP contribution in [0, 0.1) is 0 Å². The summed E-state index contributed by atoms with van der Waals surface area (Å²) < 4.78 is 3.66. The number of fused-ring (bicyclic) bond motifs is 2. The third-order valence-electron chi connectivity index (χ3n) is 3.39. The summed E-state index contributed by atoms with van der Waals surface area (Å²) >= 11 is 0. The smallest absolute Gasteiger partial charge is 0.163 e. The summed E-state index contributed by atoms with van der Waals surface area (Å²) in [6, 6.07) is 10.2. The van der Waals surface area contributed by atoms with Crippen molar-refractivity contribution in [2.24, 2.45) is 7.05 Å². The minimum atomic E-state index is 0.860. The SMILES string of the molecule is Cn1ncc2c(-c3cccn4ncnc34)cccc21. The fourth-order valence-corrected chi connectivity index (χ4v) is 2.47. The number of aryl methyl sites for hydroxylation is 1. The van der Waals surface area contributed by atoms with E-state index in [2.05, 4.69) is 33.4 Å². The van der Waals surface area contributed by atoms with E-state index >= 15 is 0 Å². The summed E-state index contributed by atoms with van der Waals surface area (Å²) in [7, 11) is 1.95. The Morgan fingerprint density at radius 1 is 1.00 bits per heavy atom. The number of benzene rings is 1. The van der Waals surface area contributed by atoms with Gasteiger partial charge in [0.1, 0.15) is 6.33 Å². The zero-order chi connectivity index (χ0) is 12.8. The second-order valence-electron chi connectivity index (χ2n) is 4.46. The highest BCUT2D eigenvalue weighted by Gasteiger charge is 2.10. The molecule has 4 aromatic rings. The molecule has 1 aromatic carbocycles. The van der Waals surface area contributed by atoms with Crippen molar-refractivity contribution in [2.45, 2.75) is 0 Å². The lowest BCUT2D eigenvalue weighted by molar-refractivity contribution is 0.797. The highest BCUT2D eigenvalue weighted by Crippen LogP contribution is 2.30. The van der Waals surface area contributed by atoms with E-state index in [1.54, 1.807) is 10.8 Å². The van der Waals surface area contributed by atoms with E-state index in [0.717, 1.165) is 27.7 Å². The summed E-state index contributed by atoms with van der Waals surface area (Å²) in [5.74, 6) is 0. The van der Waals surface area contributed by atoms with Gasteiger partial charge in [0.05, 0.1) is 11.7 Å². The molecule has 3 heterocycles. The molecule has 0 radical (unpaired) electrons. The Balaban J connectivity index is 2.12. The van der Waals surface area contributed by atoms with Crippen LogP contribution in [0.3, 0.4) is 0 Å². The minimum Gasteiger partial charge on any atom is -0.268 e. The fourth-order valence-electron chi connectivity index (χ4n) is 2.47. The topological polar surface area (TPSA) is 48.0 Å². The van der Waals surface area contributed by atoms with Crippen LogP contribution in [0.15, 0.2) is 49.1 Å². The van der Waals surface area contributed by atoms with Gasteiger partial charge in [-0.05, 0) is 23.8 Å². The van der Waals surface area contributed by atoms with Crippen LogP contribution < -0.4 is 0 Å². The second kappa shape index (κ2) is 3.65. The number of hydrogen-bond donors (Lipinski definition) is 0. The maximum absolute atomic E-state index is 4.33. The molecule has 0 aliphatic carbocycles. The number of aromatic nitrogens is 5. The van der Waals surface area contributed by atoms with Gasteiger partial charge in [-0.3, -0.25) is 4.68 Å². The van der Waals surface area contributed by atoms with Crippen molar-refractivity contribution in [1.82, 2.24) is 24.4 Å². The molecule has 0 bridgehead atoms. The lowest BCUT2D eigenvalue weighted by atomic mass is 10.0. The molecule has 0 amide bonds. The third-order valence-corrected chi connectivity index (χ3v) is 3.39. The highest BCUT2D eigenvalue weighted by molar-refractivity contribution is 5.97. The van der Waals surface area contributed by atoms with E-state index in [-0.39, 0.29) is 0 Å². The highest BCUT2D eigenvalue weighted by atomic mass is 15.3. The van der Waals surface area contributed by atoms with E-state index in [4.69, 9.17) is 0 Å². The normalized spacial score (nSPS) is 11.4. The van der Waals surface area contributed by atoms with Crippen molar-refractivity contribution in [1.29, 1.82) is 0 Å². The van der Waals surface area contributed by atoms with Crippen LogP contribution in [0.2, 0.25) is 0 Å². The zero-order valence-electron chi connectivity index (χ0n) is 10.4. The van der Waals surface area contributed by atoms with E-state index in [1.807, 2.05) is 36.3 Å². The number of hydrogen-bond acceptors (Lipinski definition) is 3. The molecule has 92 valence electrons. The fraction of sp³-hybridized carbons (Fsp3) is 0.0714. The van der Waals surface area contributed by atoms with Crippen LogP contribution in [0.1, 0.15) is 0 Å². The Labute approximate surface area is 109 Å². The first-order valence-corrected chi connectivity index (χ1v) is 6.04. The molecule has 4 rings (SSSR count). The van der Waals surface area contributed by atoms with Gasteiger partial charge in [0.15, 0.2) is 5.65 Å². The van der Waals surface area contributed by atoms with Crippen LogP contribution in [0.4, 0.5) is 0 Å². The van der Waals surface area contributed by atoms with Crippen molar-refractivity contribution in [3.63, 3.8) is 0 Å². The molecule has 0 N–H and O–H groups in total. The zero-order valence-corrected chi connectivity index (χ0v) is 10.4. The van der Waals surface area contributed by atoms with Gasteiger partial charge in [-0.25, -0.2) is 9.50 Å². The van der Waals surface area contributed by atoms with E-state index < -0.39 is 0 Å². The van der Waals surface area contributed by atoms with E-state index in [0.29, 0.717) is 0 Å². The maximum atomic E-state index is 4.33. The molecule has 0 atom stereocenters. The first kappa shape index (κ1) is 10.3. The van der Waals surface area contributed by atoms with Gasteiger partial charge in [0.25, 0.3) is 0 Å². The molecular formula is C14H11N5. The average Bonchev–Trinajstić information content (AvgIpc) is 3.05. The van der Waals surface area contributed by atoms with Crippen molar-refractivity contribution in [2.75, 3.05) is 0 Å². The summed E-state index contributed by atoms with van der Waals surface area (Å²) in [5.41, 5.74) is 4.17. The molecule has 0 aliphatic rings.